The van der Waals surface area contributed by atoms with E-state index in [0.717, 1.165) is 31.1 Å². The second-order valence-electron chi connectivity index (χ2n) is 5.41. The predicted molar refractivity (Wildman–Crippen MR) is 68.7 cm³/mol. The van der Waals surface area contributed by atoms with Gasteiger partial charge in [-0.1, -0.05) is 13.8 Å². The zero-order valence-corrected chi connectivity index (χ0v) is 10.7. The maximum absolute atomic E-state index is 3.97. The van der Waals surface area contributed by atoms with Crippen LogP contribution in [-0.4, -0.2) is 48.3 Å². The molecule has 0 aromatic rings. The topological polar surface area (TPSA) is 18.8 Å². The largest absolute Gasteiger partial charge is 0.294 e. The lowest BCUT2D eigenvalue weighted by Gasteiger charge is -2.48. The molecule has 0 radical (unpaired) electrons. The molecule has 0 amide bonds. The smallest absolute Gasteiger partial charge is 0.0534 e. The van der Waals surface area contributed by atoms with Crippen molar-refractivity contribution in [3.05, 3.63) is 0 Å². The summed E-state index contributed by atoms with van der Waals surface area (Å²) in [7, 11) is 0. The van der Waals surface area contributed by atoms with Gasteiger partial charge in [-0.05, 0) is 38.1 Å². The zero-order chi connectivity index (χ0) is 11.5. The average molecular weight is 223 g/mol. The van der Waals surface area contributed by atoms with Crippen molar-refractivity contribution in [1.29, 1.82) is 0 Å². The summed E-state index contributed by atoms with van der Waals surface area (Å²) in [5.41, 5.74) is 0. The van der Waals surface area contributed by atoms with Crippen molar-refractivity contribution >= 4 is 6.72 Å². The van der Waals surface area contributed by atoms with Gasteiger partial charge in [-0.2, -0.15) is 5.10 Å². The number of hydrazone groups is 1. The second-order valence-corrected chi connectivity index (χ2v) is 5.41. The summed E-state index contributed by atoms with van der Waals surface area (Å²) in [6.45, 7) is 11.6. The van der Waals surface area contributed by atoms with Crippen LogP contribution in [0.2, 0.25) is 0 Å². The highest BCUT2D eigenvalue weighted by molar-refractivity contribution is 5.23. The molecule has 92 valence electrons. The Hall–Kier alpha value is -0.570. The van der Waals surface area contributed by atoms with Gasteiger partial charge in [-0.15, -0.1) is 0 Å². The molecule has 1 aliphatic heterocycles. The Labute approximate surface area is 99.5 Å². The zero-order valence-electron chi connectivity index (χ0n) is 10.7. The molecule has 2 aliphatic rings. The summed E-state index contributed by atoms with van der Waals surface area (Å²) in [5.74, 6) is 0.947. The van der Waals surface area contributed by atoms with E-state index < -0.39 is 0 Å². The van der Waals surface area contributed by atoms with Gasteiger partial charge in [-0.25, -0.2) is 0 Å². The van der Waals surface area contributed by atoms with Crippen LogP contribution in [0.4, 0.5) is 0 Å². The third kappa shape index (κ3) is 2.40. The fourth-order valence-electron chi connectivity index (χ4n) is 3.15. The van der Waals surface area contributed by atoms with Crippen LogP contribution >= 0.6 is 0 Å². The summed E-state index contributed by atoms with van der Waals surface area (Å²) >= 11 is 0. The normalized spacial score (nSPS) is 31.6. The highest BCUT2D eigenvalue weighted by Gasteiger charge is 2.34. The third-order valence-electron chi connectivity index (χ3n) is 4.33. The van der Waals surface area contributed by atoms with Crippen molar-refractivity contribution in [2.75, 3.05) is 19.6 Å². The van der Waals surface area contributed by atoms with Gasteiger partial charge in [0.05, 0.1) is 13.1 Å². The summed E-state index contributed by atoms with van der Waals surface area (Å²) in [4.78, 5) is 2.70. The summed E-state index contributed by atoms with van der Waals surface area (Å²) in [5, 5.41) is 6.04. The van der Waals surface area contributed by atoms with Crippen molar-refractivity contribution < 1.29 is 0 Å². The fourth-order valence-corrected chi connectivity index (χ4v) is 3.15. The summed E-state index contributed by atoms with van der Waals surface area (Å²) in [6, 6.07) is 1.56. The molecule has 0 aromatic heterocycles. The third-order valence-corrected chi connectivity index (χ3v) is 4.33. The molecule has 0 spiro atoms. The predicted octanol–water partition coefficient (Wildman–Crippen LogP) is 2.19. The lowest BCUT2D eigenvalue weighted by molar-refractivity contribution is 0.000200. The van der Waals surface area contributed by atoms with Crippen molar-refractivity contribution in [2.24, 2.45) is 11.0 Å². The standard InChI is InChI=1S/C13H25N3/c1-4-16(13-9-15(10-13)14-3)12-7-5-11(2)6-8-12/h11-13H,3-10H2,1-2H3. The highest BCUT2D eigenvalue weighted by atomic mass is 15.5. The van der Waals surface area contributed by atoms with Gasteiger partial charge >= 0.3 is 0 Å². The van der Waals surface area contributed by atoms with Crippen LogP contribution in [0, 0.1) is 5.92 Å². The first-order valence-corrected chi connectivity index (χ1v) is 6.72. The molecule has 0 unspecified atom stereocenters. The van der Waals surface area contributed by atoms with E-state index in [4.69, 9.17) is 0 Å². The molecule has 0 bridgehead atoms. The molecule has 1 heterocycles. The molecule has 1 saturated carbocycles. The van der Waals surface area contributed by atoms with Crippen molar-refractivity contribution in [3.8, 4) is 0 Å². The van der Waals surface area contributed by atoms with E-state index in [2.05, 4.69) is 35.6 Å². The Balaban J connectivity index is 1.83. The maximum Gasteiger partial charge on any atom is 0.0534 e. The van der Waals surface area contributed by atoms with E-state index in [1.54, 1.807) is 0 Å². The van der Waals surface area contributed by atoms with Gasteiger partial charge in [0.1, 0.15) is 0 Å². The Morgan fingerprint density at radius 1 is 1.19 bits per heavy atom. The van der Waals surface area contributed by atoms with E-state index in [0.29, 0.717) is 0 Å². The molecular formula is C13H25N3. The molecule has 0 aromatic carbocycles. The van der Waals surface area contributed by atoms with Crippen LogP contribution in [0.5, 0.6) is 0 Å². The molecule has 0 atom stereocenters. The Bertz CT molecular complexity index is 227. The number of likely N-dealkylation sites (N-methyl/N-ethyl adjacent to an activating group) is 1. The first-order valence-electron chi connectivity index (χ1n) is 6.72. The molecule has 2 rings (SSSR count). The van der Waals surface area contributed by atoms with Gasteiger partial charge < -0.3 is 0 Å². The van der Waals surface area contributed by atoms with Crippen LogP contribution in [0.15, 0.2) is 5.10 Å². The monoisotopic (exact) mass is 223 g/mol. The minimum Gasteiger partial charge on any atom is -0.294 e. The molecule has 16 heavy (non-hydrogen) atoms. The number of hydrogen-bond acceptors (Lipinski definition) is 3. The number of nitrogens with zero attached hydrogens (tertiary/aromatic N) is 3. The van der Waals surface area contributed by atoms with E-state index >= 15 is 0 Å². The van der Waals surface area contributed by atoms with Crippen molar-refractivity contribution in [3.63, 3.8) is 0 Å². The van der Waals surface area contributed by atoms with Gasteiger partial charge in [0, 0.05) is 18.8 Å². The Morgan fingerprint density at radius 2 is 1.81 bits per heavy atom. The molecule has 0 N–H and O–H groups in total. The van der Waals surface area contributed by atoms with Crippen molar-refractivity contribution in [2.45, 2.75) is 51.6 Å². The average Bonchev–Trinajstić information content (AvgIpc) is 2.24. The molecule has 1 aliphatic carbocycles. The first kappa shape index (κ1) is 11.9. The minimum absolute atomic E-state index is 0.730. The van der Waals surface area contributed by atoms with Crippen LogP contribution in [0.3, 0.4) is 0 Å². The minimum atomic E-state index is 0.730. The van der Waals surface area contributed by atoms with Crippen LogP contribution in [0.1, 0.15) is 39.5 Å². The van der Waals surface area contributed by atoms with E-state index in [1.807, 2.05) is 0 Å². The first-order chi connectivity index (χ1) is 7.74. The van der Waals surface area contributed by atoms with Gasteiger partial charge in [-0.3, -0.25) is 9.91 Å². The van der Waals surface area contributed by atoms with Crippen LogP contribution in [0.25, 0.3) is 0 Å². The summed E-state index contributed by atoms with van der Waals surface area (Å²) in [6.07, 6.45) is 5.62. The van der Waals surface area contributed by atoms with Crippen LogP contribution in [-0.2, 0) is 0 Å². The van der Waals surface area contributed by atoms with Crippen LogP contribution < -0.4 is 0 Å². The molecule has 3 nitrogen and oxygen atoms in total. The molecule has 2 fully saturated rings. The van der Waals surface area contributed by atoms with Gasteiger partial charge in [0.2, 0.25) is 0 Å². The molecule has 3 heteroatoms. The molecule has 1 saturated heterocycles. The summed E-state index contributed by atoms with van der Waals surface area (Å²) < 4.78 is 0. The second kappa shape index (κ2) is 5.17. The Kier molecular flexibility index (Phi) is 3.85. The van der Waals surface area contributed by atoms with E-state index in [-0.39, 0.29) is 0 Å². The van der Waals surface area contributed by atoms with Gasteiger partial charge in [0.25, 0.3) is 0 Å². The van der Waals surface area contributed by atoms with Crippen molar-refractivity contribution in [1.82, 2.24) is 9.91 Å². The van der Waals surface area contributed by atoms with E-state index in [9.17, 15) is 0 Å². The van der Waals surface area contributed by atoms with E-state index in [1.165, 1.54) is 32.2 Å². The number of hydrogen-bond donors (Lipinski definition) is 0. The lowest BCUT2D eigenvalue weighted by Crippen LogP contribution is -2.60. The molecular weight excluding hydrogens is 198 g/mol. The quantitative estimate of drug-likeness (QED) is 0.680. The van der Waals surface area contributed by atoms with Gasteiger partial charge in [0.15, 0.2) is 0 Å². The lowest BCUT2D eigenvalue weighted by atomic mass is 9.85. The number of rotatable bonds is 4. The fraction of sp³-hybridized carbons (Fsp3) is 0.923. The Morgan fingerprint density at radius 3 is 2.31 bits per heavy atom. The SMILES string of the molecule is C=NN1CC(N(CC)C2CCC(C)CC2)C1. The maximum atomic E-state index is 3.97. The highest BCUT2D eigenvalue weighted by Crippen LogP contribution is 2.29.